The molecule has 0 saturated carbocycles. The van der Waals surface area contributed by atoms with Crippen molar-refractivity contribution in [1.29, 1.82) is 0 Å². The summed E-state index contributed by atoms with van der Waals surface area (Å²) in [4.78, 5) is 22.7. The van der Waals surface area contributed by atoms with Gasteiger partial charge in [0.1, 0.15) is 6.42 Å². The van der Waals surface area contributed by atoms with Crippen LogP contribution in [0.4, 0.5) is 0 Å². The molecule has 0 aliphatic heterocycles. The first-order valence-corrected chi connectivity index (χ1v) is 4.89. The predicted octanol–water partition coefficient (Wildman–Crippen LogP) is 2.13. The first kappa shape index (κ1) is 11.4. The third-order valence-corrected chi connectivity index (χ3v) is 2.06. The Morgan fingerprint density at radius 2 is 1.93 bits per heavy atom. The smallest absolute Gasteiger partial charge is 0.313 e. The Morgan fingerprint density at radius 1 is 1.27 bits per heavy atom. The van der Waals surface area contributed by atoms with Crippen LogP contribution in [0.1, 0.15) is 29.3 Å². The molecule has 0 unspecified atom stereocenters. The predicted molar refractivity (Wildman–Crippen MR) is 56.8 cm³/mol. The van der Waals surface area contributed by atoms with E-state index in [-0.39, 0.29) is 12.2 Å². The van der Waals surface area contributed by atoms with Crippen LogP contribution in [0.25, 0.3) is 0 Å². The van der Waals surface area contributed by atoms with Crippen LogP contribution in [-0.4, -0.2) is 18.4 Å². The van der Waals surface area contributed by atoms with Crippen molar-refractivity contribution in [2.24, 2.45) is 0 Å². The van der Waals surface area contributed by atoms with Crippen LogP contribution in [0, 0.1) is 6.92 Å². The molecule has 0 heterocycles. The summed E-state index contributed by atoms with van der Waals surface area (Å²) >= 11 is 0. The third kappa shape index (κ3) is 3.20. The van der Waals surface area contributed by atoms with E-state index in [0.29, 0.717) is 12.2 Å². The molecular weight excluding hydrogens is 192 g/mol. The number of hydrogen-bond acceptors (Lipinski definition) is 3. The number of ether oxygens (including phenoxy) is 1. The Balaban J connectivity index is 2.70. The molecular formula is C12H14O3. The number of Topliss-reactive ketones (excluding diaryl/α,β-unsaturated/α-hetero) is 1. The van der Waals surface area contributed by atoms with Gasteiger partial charge in [-0.2, -0.15) is 0 Å². The van der Waals surface area contributed by atoms with Crippen molar-refractivity contribution in [1.82, 2.24) is 0 Å². The number of carbonyl (C=O) groups excluding carboxylic acids is 2. The summed E-state index contributed by atoms with van der Waals surface area (Å²) in [6, 6.07) is 7.21. The van der Waals surface area contributed by atoms with Gasteiger partial charge in [0.15, 0.2) is 5.78 Å². The van der Waals surface area contributed by atoms with Gasteiger partial charge in [0.05, 0.1) is 6.61 Å². The van der Waals surface area contributed by atoms with E-state index in [9.17, 15) is 9.59 Å². The average Bonchev–Trinajstić information content (AvgIpc) is 2.18. The second kappa shape index (κ2) is 5.29. The van der Waals surface area contributed by atoms with Gasteiger partial charge in [0.25, 0.3) is 0 Å². The summed E-state index contributed by atoms with van der Waals surface area (Å²) < 4.78 is 4.71. The second-order valence-electron chi connectivity index (χ2n) is 3.22. The SMILES string of the molecule is CCOC(=O)CC(=O)c1ccccc1C. The highest BCUT2D eigenvalue weighted by atomic mass is 16.5. The molecule has 0 bridgehead atoms. The van der Waals surface area contributed by atoms with Crippen LogP contribution in [-0.2, 0) is 9.53 Å². The fourth-order valence-corrected chi connectivity index (χ4v) is 1.32. The number of esters is 1. The molecule has 3 heteroatoms. The van der Waals surface area contributed by atoms with Gasteiger partial charge in [-0.25, -0.2) is 0 Å². The van der Waals surface area contributed by atoms with Crippen LogP contribution >= 0.6 is 0 Å². The zero-order valence-corrected chi connectivity index (χ0v) is 8.95. The first-order chi connectivity index (χ1) is 7.15. The van der Waals surface area contributed by atoms with Crippen LogP contribution < -0.4 is 0 Å². The summed E-state index contributed by atoms with van der Waals surface area (Å²) in [7, 11) is 0. The van der Waals surface area contributed by atoms with E-state index in [1.807, 2.05) is 19.1 Å². The van der Waals surface area contributed by atoms with Crippen molar-refractivity contribution in [3.05, 3.63) is 35.4 Å². The topological polar surface area (TPSA) is 43.4 Å². The average molecular weight is 206 g/mol. The van der Waals surface area contributed by atoms with Crippen molar-refractivity contribution in [2.75, 3.05) is 6.61 Å². The van der Waals surface area contributed by atoms with Gasteiger partial charge in [-0.3, -0.25) is 9.59 Å². The molecule has 80 valence electrons. The highest BCUT2D eigenvalue weighted by Gasteiger charge is 2.13. The summed E-state index contributed by atoms with van der Waals surface area (Å²) in [5.41, 5.74) is 1.47. The number of aryl methyl sites for hydroxylation is 1. The standard InChI is InChI=1S/C12H14O3/c1-3-15-12(14)8-11(13)10-7-5-4-6-9(10)2/h4-7H,3,8H2,1-2H3. The molecule has 15 heavy (non-hydrogen) atoms. The zero-order chi connectivity index (χ0) is 11.3. The minimum absolute atomic E-state index is 0.182. The summed E-state index contributed by atoms with van der Waals surface area (Å²) in [5.74, 6) is -0.655. The number of carbonyl (C=O) groups is 2. The number of rotatable bonds is 4. The van der Waals surface area contributed by atoms with Gasteiger partial charge in [0.2, 0.25) is 0 Å². The van der Waals surface area contributed by atoms with Crippen molar-refractivity contribution >= 4 is 11.8 Å². The largest absolute Gasteiger partial charge is 0.466 e. The normalized spacial score (nSPS) is 9.73. The van der Waals surface area contributed by atoms with Gasteiger partial charge < -0.3 is 4.74 Å². The van der Waals surface area contributed by atoms with Gasteiger partial charge in [-0.05, 0) is 19.4 Å². The quantitative estimate of drug-likeness (QED) is 0.430. The maximum absolute atomic E-state index is 11.6. The Hall–Kier alpha value is -1.64. The zero-order valence-electron chi connectivity index (χ0n) is 8.95. The molecule has 0 aliphatic carbocycles. The number of hydrogen-bond donors (Lipinski definition) is 0. The monoisotopic (exact) mass is 206 g/mol. The van der Waals surface area contributed by atoms with Gasteiger partial charge >= 0.3 is 5.97 Å². The lowest BCUT2D eigenvalue weighted by Crippen LogP contribution is -2.12. The first-order valence-electron chi connectivity index (χ1n) is 4.89. The highest BCUT2D eigenvalue weighted by Crippen LogP contribution is 2.10. The van der Waals surface area contributed by atoms with Crippen LogP contribution in [0.15, 0.2) is 24.3 Å². The van der Waals surface area contributed by atoms with E-state index in [0.717, 1.165) is 5.56 Å². The number of ketones is 1. The Kier molecular flexibility index (Phi) is 4.03. The molecule has 0 N–H and O–H groups in total. The van der Waals surface area contributed by atoms with Gasteiger partial charge in [0, 0.05) is 5.56 Å². The van der Waals surface area contributed by atoms with Crippen molar-refractivity contribution in [3.8, 4) is 0 Å². The Labute approximate surface area is 89.1 Å². The molecule has 0 aromatic heterocycles. The Bertz CT molecular complexity index is 369. The lowest BCUT2D eigenvalue weighted by Gasteiger charge is -2.04. The second-order valence-corrected chi connectivity index (χ2v) is 3.22. The third-order valence-electron chi connectivity index (χ3n) is 2.06. The molecule has 0 atom stereocenters. The van der Waals surface area contributed by atoms with Gasteiger partial charge in [-0.1, -0.05) is 24.3 Å². The van der Waals surface area contributed by atoms with Crippen molar-refractivity contribution < 1.29 is 14.3 Å². The maximum atomic E-state index is 11.6. The molecule has 0 aliphatic rings. The van der Waals surface area contributed by atoms with E-state index in [4.69, 9.17) is 4.74 Å². The lowest BCUT2D eigenvalue weighted by atomic mass is 10.0. The van der Waals surface area contributed by atoms with E-state index >= 15 is 0 Å². The van der Waals surface area contributed by atoms with Crippen LogP contribution in [0.3, 0.4) is 0 Å². The molecule has 1 rings (SSSR count). The molecule has 1 aromatic rings. The van der Waals surface area contributed by atoms with E-state index in [1.165, 1.54) is 0 Å². The molecule has 0 fully saturated rings. The van der Waals surface area contributed by atoms with E-state index in [2.05, 4.69) is 0 Å². The minimum Gasteiger partial charge on any atom is -0.466 e. The number of benzene rings is 1. The minimum atomic E-state index is -0.467. The maximum Gasteiger partial charge on any atom is 0.313 e. The van der Waals surface area contributed by atoms with E-state index in [1.54, 1.807) is 19.1 Å². The molecule has 0 amide bonds. The van der Waals surface area contributed by atoms with Crippen LogP contribution in [0.5, 0.6) is 0 Å². The molecule has 0 spiro atoms. The summed E-state index contributed by atoms with van der Waals surface area (Å²) in [5, 5.41) is 0. The highest BCUT2D eigenvalue weighted by molar-refractivity contribution is 6.06. The summed E-state index contributed by atoms with van der Waals surface area (Å²) in [6.07, 6.45) is -0.182. The molecule has 0 saturated heterocycles. The molecule has 3 nitrogen and oxygen atoms in total. The lowest BCUT2D eigenvalue weighted by molar-refractivity contribution is -0.141. The fraction of sp³-hybridized carbons (Fsp3) is 0.333. The van der Waals surface area contributed by atoms with E-state index < -0.39 is 5.97 Å². The Morgan fingerprint density at radius 3 is 2.53 bits per heavy atom. The molecule has 1 aromatic carbocycles. The summed E-state index contributed by atoms with van der Waals surface area (Å²) in [6.45, 7) is 3.87. The molecule has 0 radical (unpaired) electrons. The van der Waals surface area contributed by atoms with Crippen molar-refractivity contribution in [3.63, 3.8) is 0 Å². The fourth-order valence-electron chi connectivity index (χ4n) is 1.32. The van der Waals surface area contributed by atoms with Gasteiger partial charge in [-0.15, -0.1) is 0 Å². The van der Waals surface area contributed by atoms with Crippen molar-refractivity contribution in [2.45, 2.75) is 20.3 Å². The van der Waals surface area contributed by atoms with Crippen LogP contribution in [0.2, 0.25) is 0 Å².